The Bertz CT molecular complexity index is 1370. The van der Waals surface area contributed by atoms with Crippen LogP contribution in [0, 0.1) is 5.92 Å². The van der Waals surface area contributed by atoms with E-state index in [4.69, 9.17) is 21.1 Å². The molecule has 0 aliphatic carbocycles. The topological polar surface area (TPSA) is 143 Å². The molecule has 0 aromatic heterocycles. The van der Waals surface area contributed by atoms with Crippen LogP contribution in [0.2, 0.25) is 5.02 Å². The molecule has 11 nitrogen and oxygen atoms in total. The lowest BCUT2D eigenvalue weighted by molar-refractivity contribution is -0.141. The van der Waals surface area contributed by atoms with Crippen LogP contribution in [0.1, 0.15) is 58.1 Å². The number of nitrogens with zero attached hydrogens (tertiary/aromatic N) is 1. The van der Waals surface area contributed by atoms with Gasteiger partial charge in [0, 0.05) is 37.6 Å². The quantitative estimate of drug-likeness (QED) is 0.259. The molecular formula is C35H47ClN4O7. The molecule has 0 spiro atoms. The molecule has 1 fully saturated rings. The molecule has 47 heavy (non-hydrogen) atoms. The number of carbonyl (C=O) groups excluding carboxylic acids is 5. The Kier molecular flexibility index (Phi) is 13.8. The average Bonchev–Trinajstić information content (AvgIpc) is 3.01. The number of alkyl carbamates (subject to hydrolysis) is 1. The summed E-state index contributed by atoms with van der Waals surface area (Å²) in [6.45, 7) is 7.17. The van der Waals surface area contributed by atoms with Crippen molar-refractivity contribution in [2.45, 2.75) is 83.0 Å². The molecule has 1 aliphatic heterocycles. The summed E-state index contributed by atoms with van der Waals surface area (Å²) in [5, 5.41) is 8.89. The molecule has 2 aromatic rings. The van der Waals surface area contributed by atoms with E-state index < -0.39 is 47.0 Å². The normalized spacial score (nSPS) is 18.3. The van der Waals surface area contributed by atoms with Gasteiger partial charge in [-0.1, -0.05) is 54.1 Å². The van der Waals surface area contributed by atoms with Crippen LogP contribution in [-0.4, -0.2) is 85.0 Å². The molecule has 3 N–H and O–H groups in total. The maximum absolute atomic E-state index is 13.9. The number of halogens is 1. The number of nitrogens with one attached hydrogen (secondary N) is 3. The van der Waals surface area contributed by atoms with Gasteiger partial charge in [-0.25, -0.2) is 4.79 Å². The summed E-state index contributed by atoms with van der Waals surface area (Å²) >= 11 is 6.14. The molecular weight excluding hydrogens is 624 g/mol. The van der Waals surface area contributed by atoms with Crippen molar-refractivity contribution in [2.75, 3.05) is 26.8 Å². The Morgan fingerprint density at radius 2 is 1.68 bits per heavy atom. The number of amides is 4. The molecule has 0 bridgehead atoms. The van der Waals surface area contributed by atoms with E-state index in [1.807, 2.05) is 42.5 Å². The third-order valence-electron chi connectivity index (χ3n) is 7.88. The summed E-state index contributed by atoms with van der Waals surface area (Å²) in [6, 6.07) is 14.8. The summed E-state index contributed by atoms with van der Waals surface area (Å²) in [5.74, 6) is -1.80. The van der Waals surface area contributed by atoms with Crippen molar-refractivity contribution in [3.05, 3.63) is 70.7 Å². The SMILES string of the molecule is COC[C@H](NC(=O)[C@H](C)NC(=O)OC(C)(C)C)C(=O)N[C@@]1(Cc2ccc(Cl)cc2)CCCN(C(=O)[C@@H](CC=O)Cc2ccccc2)C1. The number of benzene rings is 2. The second-order valence-corrected chi connectivity index (χ2v) is 13.5. The first kappa shape index (κ1) is 37.5. The first-order valence-corrected chi connectivity index (χ1v) is 16.2. The second kappa shape index (κ2) is 17.3. The number of rotatable bonds is 14. The Balaban J connectivity index is 1.83. The summed E-state index contributed by atoms with van der Waals surface area (Å²) in [7, 11) is 1.42. The molecule has 256 valence electrons. The number of hydrogen-bond donors (Lipinski definition) is 3. The smallest absolute Gasteiger partial charge is 0.408 e. The van der Waals surface area contributed by atoms with Crippen molar-refractivity contribution in [3.8, 4) is 0 Å². The highest BCUT2D eigenvalue weighted by Gasteiger charge is 2.41. The van der Waals surface area contributed by atoms with Crippen LogP contribution in [-0.2, 0) is 41.5 Å². The fourth-order valence-corrected chi connectivity index (χ4v) is 5.82. The number of ether oxygens (including phenoxy) is 2. The molecule has 0 saturated carbocycles. The van der Waals surface area contributed by atoms with E-state index >= 15 is 0 Å². The molecule has 4 atom stereocenters. The zero-order valence-electron chi connectivity index (χ0n) is 27.8. The molecule has 1 aliphatic rings. The van der Waals surface area contributed by atoms with E-state index in [0.717, 1.165) is 17.4 Å². The van der Waals surface area contributed by atoms with Crippen LogP contribution in [0.4, 0.5) is 4.79 Å². The van der Waals surface area contributed by atoms with Crippen molar-refractivity contribution >= 4 is 41.7 Å². The first-order chi connectivity index (χ1) is 22.2. The summed E-state index contributed by atoms with van der Waals surface area (Å²) in [6.07, 6.45) is 2.07. The fourth-order valence-electron chi connectivity index (χ4n) is 5.69. The Morgan fingerprint density at radius 1 is 1.00 bits per heavy atom. The number of hydrogen-bond acceptors (Lipinski definition) is 7. The third-order valence-corrected chi connectivity index (χ3v) is 8.13. The van der Waals surface area contributed by atoms with Gasteiger partial charge in [-0.2, -0.15) is 0 Å². The molecule has 0 radical (unpaired) electrons. The van der Waals surface area contributed by atoms with Gasteiger partial charge < -0.3 is 35.1 Å². The lowest BCUT2D eigenvalue weighted by Gasteiger charge is -2.45. The van der Waals surface area contributed by atoms with Gasteiger partial charge in [0.25, 0.3) is 0 Å². The second-order valence-electron chi connectivity index (χ2n) is 13.1. The van der Waals surface area contributed by atoms with Gasteiger partial charge in [0.05, 0.1) is 12.1 Å². The highest BCUT2D eigenvalue weighted by Crippen LogP contribution is 2.29. The molecule has 1 saturated heterocycles. The van der Waals surface area contributed by atoms with Crippen LogP contribution in [0.25, 0.3) is 0 Å². The Hall–Kier alpha value is -3.96. The maximum Gasteiger partial charge on any atom is 0.408 e. The molecule has 0 unspecified atom stereocenters. The van der Waals surface area contributed by atoms with Crippen molar-refractivity contribution in [1.29, 1.82) is 0 Å². The van der Waals surface area contributed by atoms with Crippen molar-refractivity contribution in [2.24, 2.45) is 5.92 Å². The monoisotopic (exact) mass is 670 g/mol. The number of methoxy groups -OCH3 is 1. The Morgan fingerprint density at radius 3 is 2.30 bits per heavy atom. The number of likely N-dealkylation sites (tertiary alicyclic amines) is 1. The predicted octanol–water partition coefficient (Wildman–Crippen LogP) is 3.85. The first-order valence-electron chi connectivity index (χ1n) is 15.9. The van der Waals surface area contributed by atoms with E-state index in [2.05, 4.69) is 16.0 Å². The zero-order chi connectivity index (χ0) is 34.6. The lowest BCUT2D eigenvalue weighted by atomic mass is 9.82. The van der Waals surface area contributed by atoms with E-state index in [-0.39, 0.29) is 25.5 Å². The van der Waals surface area contributed by atoms with Crippen LogP contribution in [0.3, 0.4) is 0 Å². The van der Waals surface area contributed by atoms with Crippen LogP contribution < -0.4 is 16.0 Å². The minimum Gasteiger partial charge on any atom is -0.444 e. The average molecular weight is 671 g/mol. The van der Waals surface area contributed by atoms with E-state index in [1.54, 1.807) is 37.8 Å². The van der Waals surface area contributed by atoms with Crippen molar-refractivity contribution in [3.63, 3.8) is 0 Å². The highest BCUT2D eigenvalue weighted by atomic mass is 35.5. The maximum atomic E-state index is 13.9. The number of carbonyl (C=O) groups is 5. The van der Waals surface area contributed by atoms with E-state index in [0.29, 0.717) is 37.3 Å². The van der Waals surface area contributed by atoms with Crippen molar-refractivity contribution < 1.29 is 33.4 Å². The van der Waals surface area contributed by atoms with Gasteiger partial charge in [-0.3, -0.25) is 14.4 Å². The lowest BCUT2D eigenvalue weighted by Crippen LogP contribution is -2.65. The van der Waals surface area contributed by atoms with Gasteiger partial charge in [-0.15, -0.1) is 0 Å². The standard InChI is InChI=1S/C35H47ClN4O7/c1-24(37-33(45)47-34(2,3)4)30(42)38-29(22-46-5)31(43)39-35(21-26-12-14-28(36)15-13-26)17-9-18-40(23-35)32(44)27(16-19-41)20-25-10-7-6-8-11-25/h6-8,10-15,19,24,27,29H,9,16-18,20-23H2,1-5H3,(H,37,45)(H,38,42)(H,39,43)/t24-,27-,29-,35+/m0/s1. The molecule has 3 rings (SSSR count). The summed E-state index contributed by atoms with van der Waals surface area (Å²) in [5.41, 5.74) is 0.217. The third kappa shape index (κ3) is 12.0. The van der Waals surface area contributed by atoms with Crippen molar-refractivity contribution in [1.82, 2.24) is 20.9 Å². The zero-order valence-corrected chi connectivity index (χ0v) is 28.6. The molecule has 4 amide bonds. The molecule has 1 heterocycles. The number of piperidine rings is 1. The van der Waals surface area contributed by atoms with Crippen LogP contribution >= 0.6 is 11.6 Å². The van der Waals surface area contributed by atoms with Crippen LogP contribution in [0.5, 0.6) is 0 Å². The molecule has 2 aromatic carbocycles. The highest BCUT2D eigenvalue weighted by molar-refractivity contribution is 6.30. The minimum atomic E-state index is -1.09. The van der Waals surface area contributed by atoms with Gasteiger partial charge in [0.15, 0.2) is 0 Å². The Labute approximate surface area is 282 Å². The van der Waals surface area contributed by atoms with Gasteiger partial charge in [0.1, 0.15) is 24.0 Å². The van der Waals surface area contributed by atoms with E-state index in [1.165, 1.54) is 14.0 Å². The predicted molar refractivity (Wildman–Crippen MR) is 179 cm³/mol. The van der Waals surface area contributed by atoms with Crippen LogP contribution in [0.15, 0.2) is 54.6 Å². The summed E-state index contributed by atoms with van der Waals surface area (Å²) in [4.78, 5) is 66.4. The number of aldehydes is 1. The minimum absolute atomic E-state index is 0.0816. The van der Waals surface area contributed by atoms with E-state index in [9.17, 15) is 24.0 Å². The van der Waals surface area contributed by atoms with Gasteiger partial charge in [-0.05, 0) is 76.6 Å². The largest absolute Gasteiger partial charge is 0.444 e. The van der Waals surface area contributed by atoms with Gasteiger partial charge >= 0.3 is 6.09 Å². The van der Waals surface area contributed by atoms with Gasteiger partial charge in [0.2, 0.25) is 17.7 Å². The molecule has 12 heteroatoms. The summed E-state index contributed by atoms with van der Waals surface area (Å²) < 4.78 is 10.5. The fraction of sp³-hybridized carbons (Fsp3) is 0.514.